The van der Waals surface area contributed by atoms with Crippen molar-refractivity contribution < 1.29 is 14.3 Å². The van der Waals surface area contributed by atoms with E-state index in [0.717, 1.165) is 16.9 Å². The number of halogens is 2. The van der Waals surface area contributed by atoms with Crippen LogP contribution in [0, 0.1) is 13.8 Å². The van der Waals surface area contributed by atoms with Crippen molar-refractivity contribution in [1.29, 1.82) is 0 Å². The summed E-state index contributed by atoms with van der Waals surface area (Å²) in [7, 11) is 0. The first kappa shape index (κ1) is 18.6. The Hall–Kier alpha value is -1.72. The number of benzene rings is 2. The van der Waals surface area contributed by atoms with Gasteiger partial charge >= 0.3 is 0 Å². The van der Waals surface area contributed by atoms with Gasteiger partial charge in [0.25, 0.3) is 5.91 Å². The molecule has 0 bridgehead atoms. The quantitative estimate of drug-likeness (QED) is 0.690. The summed E-state index contributed by atoms with van der Waals surface area (Å²) in [5, 5.41) is 3.36. The van der Waals surface area contributed by atoms with Gasteiger partial charge in [-0.15, -0.1) is 0 Å². The van der Waals surface area contributed by atoms with Gasteiger partial charge in [0.15, 0.2) is 6.61 Å². The fourth-order valence-electron chi connectivity index (χ4n) is 2.00. The molecule has 0 aliphatic heterocycles. The zero-order valence-electron chi connectivity index (χ0n) is 13.6. The van der Waals surface area contributed by atoms with E-state index in [1.807, 2.05) is 32.0 Å². The van der Waals surface area contributed by atoms with Gasteiger partial charge in [0.1, 0.15) is 18.1 Å². The molecule has 0 aliphatic carbocycles. The minimum atomic E-state index is -0.207. The standard InChI is InChI=1S/C18H19BrClNO3/c1-12-3-4-13(2)17(9-12)23-8-7-21-18(22)11-24-16-6-5-14(20)10-15(16)19/h3-6,9-10H,7-8,11H2,1-2H3,(H,21,22). The summed E-state index contributed by atoms with van der Waals surface area (Å²) in [6.45, 7) is 4.76. The van der Waals surface area contributed by atoms with Crippen molar-refractivity contribution in [3.8, 4) is 11.5 Å². The Balaban J connectivity index is 1.70. The van der Waals surface area contributed by atoms with Crippen molar-refractivity contribution in [3.63, 3.8) is 0 Å². The van der Waals surface area contributed by atoms with Crippen LogP contribution in [-0.2, 0) is 4.79 Å². The molecule has 2 aromatic rings. The van der Waals surface area contributed by atoms with E-state index in [0.29, 0.717) is 28.4 Å². The van der Waals surface area contributed by atoms with E-state index in [1.165, 1.54) is 0 Å². The van der Waals surface area contributed by atoms with Crippen LogP contribution in [0.1, 0.15) is 11.1 Å². The van der Waals surface area contributed by atoms with Gasteiger partial charge in [-0.05, 0) is 65.2 Å². The molecule has 4 nitrogen and oxygen atoms in total. The predicted molar refractivity (Wildman–Crippen MR) is 99.1 cm³/mol. The van der Waals surface area contributed by atoms with Crippen LogP contribution >= 0.6 is 27.5 Å². The first-order valence-electron chi connectivity index (χ1n) is 7.50. The van der Waals surface area contributed by atoms with Crippen LogP contribution in [0.2, 0.25) is 5.02 Å². The van der Waals surface area contributed by atoms with E-state index in [-0.39, 0.29) is 12.5 Å². The Morgan fingerprint density at radius 3 is 2.67 bits per heavy atom. The van der Waals surface area contributed by atoms with E-state index in [9.17, 15) is 4.79 Å². The fraction of sp³-hybridized carbons (Fsp3) is 0.278. The van der Waals surface area contributed by atoms with Gasteiger partial charge in [-0.25, -0.2) is 0 Å². The van der Waals surface area contributed by atoms with Gasteiger partial charge in [0, 0.05) is 5.02 Å². The monoisotopic (exact) mass is 411 g/mol. The highest BCUT2D eigenvalue weighted by atomic mass is 79.9. The van der Waals surface area contributed by atoms with Gasteiger partial charge in [-0.1, -0.05) is 23.7 Å². The second-order valence-corrected chi connectivity index (χ2v) is 6.62. The highest BCUT2D eigenvalue weighted by Gasteiger charge is 2.06. The molecule has 0 atom stereocenters. The summed E-state index contributed by atoms with van der Waals surface area (Å²) in [6, 6.07) is 11.2. The summed E-state index contributed by atoms with van der Waals surface area (Å²) in [6.07, 6.45) is 0. The maximum absolute atomic E-state index is 11.8. The minimum absolute atomic E-state index is 0.0658. The lowest BCUT2D eigenvalue weighted by atomic mass is 10.1. The molecule has 2 rings (SSSR count). The summed E-state index contributed by atoms with van der Waals surface area (Å²) in [4.78, 5) is 11.8. The maximum atomic E-state index is 11.8. The maximum Gasteiger partial charge on any atom is 0.258 e. The molecule has 0 spiro atoms. The third-order valence-corrected chi connectivity index (χ3v) is 4.13. The number of nitrogens with one attached hydrogen (secondary N) is 1. The molecule has 0 unspecified atom stereocenters. The third-order valence-electron chi connectivity index (χ3n) is 3.28. The zero-order valence-corrected chi connectivity index (χ0v) is 15.9. The number of amides is 1. The molecule has 0 fully saturated rings. The third kappa shape index (κ3) is 5.73. The lowest BCUT2D eigenvalue weighted by Gasteiger charge is -2.11. The normalized spacial score (nSPS) is 10.3. The first-order chi connectivity index (χ1) is 11.5. The highest BCUT2D eigenvalue weighted by Crippen LogP contribution is 2.27. The van der Waals surface area contributed by atoms with Crippen molar-refractivity contribution in [3.05, 3.63) is 57.0 Å². The van der Waals surface area contributed by atoms with Gasteiger partial charge in [-0.3, -0.25) is 4.79 Å². The Labute approximate surface area is 155 Å². The number of hydrogen-bond acceptors (Lipinski definition) is 3. The van der Waals surface area contributed by atoms with Gasteiger partial charge < -0.3 is 14.8 Å². The highest BCUT2D eigenvalue weighted by molar-refractivity contribution is 9.10. The molecule has 0 saturated heterocycles. The van der Waals surface area contributed by atoms with Crippen LogP contribution in [0.15, 0.2) is 40.9 Å². The average Bonchev–Trinajstić information content (AvgIpc) is 2.54. The van der Waals surface area contributed by atoms with Crippen molar-refractivity contribution in [2.75, 3.05) is 19.8 Å². The van der Waals surface area contributed by atoms with E-state index < -0.39 is 0 Å². The van der Waals surface area contributed by atoms with E-state index in [1.54, 1.807) is 18.2 Å². The Bertz CT molecular complexity index is 721. The van der Waals surface area contributed by atoms with E-state index in [2.05, 4.69) is 21.2 Å². The molecule has 0 saturated carbocycles. The molecule has 128 valence electrons. The smallest absolute Gasteiger partial charge is 0.258 e. The Morgan fingerprint density at radius 2 is 1.92 bits per heavy atom. The number of aryl methyl sites for hydroxylation is 2. The van der Waals surface area contributed by atoms with Crippen molar-refractivity contribution in [1.82, 2.24) is 5.32 Å². The number of ether oxygens (including phenoxy) is 2. The van der Waals surface area contributed by atoms with E-state index >= 15 is 0 Å². The van der Waals surface area contributed by atoms with Gasteiger partial charge in [0.2, 0.25) is 0 Å². The molecule has 0 radical (unpaired) electrons. The lowest BCUT2D eigenvalue weighted by Crippen LogP contribution is -2.32. The average molecular weight is 413 g/mol. The van der Waals surface area contributed by atoms with Crippen molar-refractivity contribution in [2.45, 2.75) is 13.8 Å². The summed E-state index contributed by atoms with van der Waals surface area (Å²) < 4.78 is 11.8. The number of carbonyl (C=O) groups excluding carboxylic acids is 1. The number of rotatable bonds is 7. The lowest BCUT2D eigenvalue weighted by molar-refractivity contribution is -0.123. The molecular formula is C18H19BrClNO3. The summed E-state index contributed by atoms with van der Waals surface area (Å²) in [5.74, 6) is 1.20. The molecule has 1 amide bonds. The summed E-state index contributed by atoms with van der Waals surface area (Å²) in [5.41, 5.74) is 2.21. The van der Waals surface area contributed by atoms with Crippen LogP contribution < -0.4 is 14.8 Å². The molecule has 0 heterocycles. The second kappa shape index (κ2) is 8.94. The number of hydrogen-bond donors (Lipinski definition) is 1. The van der Waals surface area contributed by atoms with Crippen LogP contribution in [0.3, 0.4) is 0 Å². The van der Waals surface area contributed by atoms with Crippen LogP contribution in [0.5, 0.6) is 11.5 Å². The summed E-state index contributed by atoms with van der Waals surface area (Å²) >= 11 is 9.20. The largest absolute Gasteiger partial charge is 0.491 e. The topological polar surface area (TPSA) is 47.6 Å². The molecule has 2 aromatic carbocycles. The van der Waals surface area contributed by atoms with Gasteiger partial charge in [-0.2, -0.15) is 0 Å². The molecule has 1 N–H and O–H groups in total. The molecule has 0 aromatic heterocycles. The Kier molecular flexibility index (Phi) is 6.94. The van der Waals surface area contributed by atoms with Crippen LogP contribution in [0.25, 0.3) is 0 Å². The molecule has 6 heteroatoms. The molecule has 24 heavy (non-hydrogen) atoms. The Morgan fingerprint density at radius 1 is 1.12 bits per heavy atom. The minimum Gasteiger partial charge on any atom is -0.491 e. The number of carbonyl (C=O) groups is 1. The molecular weight excluding hydrogens is 394 g/mol. The van der Waals surface area contributed by atoms with Crippen molar-refractivity contribution in [2.24, 2.45) is 0 Å². The SMILES string of the molecule is Cc1ccc(C)c(OCCNC(=O)COc2ccc(Cl)cc2Br)c1. The fourth-order valence-corrected chi connectivity index (χ4v) is 2.80. The first-order valence-corrected chi connectivity index (χ1v) is 8.67. The second-order valence-electron chi connectivity index (χ2n) is 5.33. The van der Waals surface area contributed by atoms with Crippen LogP contribution in [0.4, 0.5) is 0 Å². The predicted octanol–water partition coefficient (Wildman–Crippen LogP) is 4.29. The van der Waals surface area contributed by atoms with Gasteiger partial charge in [0.05, 0.1) is 11.0 Å². The molecule has 0 aliphatic rings. The zero-order chi connectivity index (χ0) is 17.5. The van der Waals surface area contributed by atoms with Crippen LogP contribution in [-0.4, -0.2) is 25.7 Å². The van der Waals surface area contributed by atoms with Crippen molar-refractivity contribution >= 4 is 33.4 Å². The van der Waals surface area contributed by atoms with E-state index in [4.69, 9.17) is 21.1 Å².